The maximum Gasteiger partial charge on any atom is 0.363 e. The van der Waals surface area contributed by atoms with Gasteiger partial charge in [0.2, 0.25) is 0 Å². The molecule has 23 heteroatoms. The Hall–Kier alpha value is -5.25. The highest BCUT2D eigenvalue weighted by atomic mass is 17.0. The van der Waals surface area contributed by atoms with Crippen molar-refractivity contribution in [3.63, 3.8) is 0 Å². The van der Waals surface area contributed by atoms with E-state index in [1.807, 2.05) is 0 Å². The summed E-state index contributed by atoms with van der Waals surface area (Å²) in [5, 5.41) is 44.1. The van der Waals surface area contributed by atoms with E-state index in [9.17, 15) is 50.0 Å². The van der Waals surface area contributed by atoms with Crippen LogP contribution in [0.2, 0.25) is 0 Å². The Morgan fingerprint density at radius 2 is 1.27 bits per heavy atom. The molecule has 0 saturated carbocycles. The predicted molar refractivity (Wildman–Crippen MR) is 92.4 cm³/mol. The zero-order chi connectivity index (χ0) is 25.2. The van der Waals surface area contributed by atoms with Crippen LogP contribution in [0.1, 0.15) is 0 Å². The highest BCUT2D eigenvalue weighted by Gasteiger charge is 2.37. The second kappa shape index (κ2) is 11.2. The Labute approximate surface area is 176 Å². The number of nitrogens with zero attached hydrogens (tertiary/aromatic N) is 6. The minimum atomic E-state index is -2.03. The standard InChI is InChI=1S/C5H8N4O12.C5H4N4O3/c10-6(11)18-1-5(2-19-7(12)13,3-20-8(14)15)4-21-9(16)17;10-4-2-3(7-1-6-2)8-5(11)9(4)12/h1-4H2;1,12H,(H,6,7)(H,8,11). The Balaban J connectivity index is 0.000000377. The second-order valence-electron chi connectivity index (χ2n) is 5.66. The Morgan fingerprint density at radius 1 is 0.879 bits per heavy atom. The van der Waals surface area contributed by atoms with Gasteiger partial charge in [0.05, 0.1) is 11.7 Å². The summed E-state index contributed by atoms with van der Waals surface area (Å²) in [6.45, 7) is -4.13. The lowest BCUT2D eigenvalue weighted by atomic mass is 9.92. The van der Waals surface area contributed by atoms with Crippen molar-refractivity contribution in [1.29, 1.82) is 0 Å². The lowest BCUT2D eigenvalue weighted by molar-refractivity contribution is -0.792. The van der Waals surface area contributed by atoms with E-state index in [1.165, 1.54) is 6.33 Å². The zero-order valence-corrected chi connectivity index (χ0v) is 15.8. The molecule has 33 heavy (non-hydrogen) atoms. The number of aromatic amines is 2. The highest BCUT2D eigenvalue weighted by Crippen LogP contribution is 2.21. The molecule has 0 aliphatic carbocycles. The third-order valence-electron chi connectivity index (χ3n) is 3.37. The van der Waals surface area contributed by atoms with Crippen LogP contribution >= 0.6 is 0 Å². The molecule has 0 unspecified atom stereocenters. The number of nitrogens with one attached hydrogen (secondary N) is 2. The summed E-state index contributed by atoms with van der Waals surface area (Å²) < 4.78 is -0.0134. The molecule has 0 bridgehead atoms. The Bertz CT molecular complexity index is 1040. The van der Waals surface area contributed by atoms with Gasteiger partial charge in [0.1, 0.15) is 26.4 Å². The fourth-order valence-electron chi connectivity index (χ4n) is 1.91. The van der Waals surface area contributed by atoms with Gasteiger partial charge in [-0.05, 0) is 0 Å². The van der Waals surface area contributed by atoms with Gasteiger partial charge in [-0.15, -0.1) is 40.5 Å². The Morgan fingerprint density at radius 3 is 1.64 bits per heavy atom. The first kappa shape index (κ1) is 25.8. The molecule has 2 aromatic heterocycles. The fourth-order valence-corrected chi connectivity index (χ4v) is 1.91. The quantitative estimate of drug-likeness (QED) is 0.158. The van der Waals surface area contributed by atoms with Gasteiger partial charge in [-0.25, -0.2) is 9.78 Å². The number of aromatic nitrogens is 4. The number of hydrogen-bond acceptors (Lipinski definition) is 16. The minimum Gasteiger partial charge on any atom is -0.421 e. The van der Waals surface area contributed by atoms with Gasteiger partial charge in [0.25, 0.3) is 20.3 Å². The molecule has 0 aromatic carbocycles. The molecule has 0 amide bonds. The van der Waals surface area contributed by atoms with Crippen molar-refractivity contribution in [3.05, 3.63) is 67.6 Å². The van der Waals surface area contributed by atoms with Crippen LogP contribution in [0.5, 0.6) is 0 Å². The largest absolute Gasteiger partial charge is 0.421 e. The lowest BCUT2D eigenvalue weighted by Crippen LogP contribution is -2.43. The van der Waals surface area contributed by atoms with Gasteiger partial charge in [0.15, 0.2) is 11.2 Å². The van der Waals surface area contributed by atoms with Crippen molar-refractivity contribution in [2.75, 3.05) is 26.4 Å². The van der Waals surface area contributed by atoms with Crippen molar-refractivity contribution in [2.45, 2.75) is 0 Å². The number of rotatable bonds is 12. The molecule has 0 aliphatic heterocycles. The van der Waals surface area contributed by atoms with Crippen molar-refractivity contribution in [1.82, 2.24) is 19.7 Å². The number of fused-ring (bicyclic) bond motifs is 1. The maximum absolute atomic E-state index is 11.0. The van der Waals surface area contributed by atoms with E-state index >= 15 is 0 Å². The first-order valence-corrected chi connectivity index (χ1v) is 7.84. The topological polar surface area (TPSA) is 313 Å². The lowest BCUT2D eigenvalue weighted by Gasteiger charge is -2.28. The molecule has 2 heterocycles. The van der Waals surface area contributed by atoms with E-state index < -0.39 is 63.4 Å². The molecule has 0 fully saturated rings. The summed E-state index contributed by atoms with van der Waals surface area (Å²) in [6, 6.07) is 0. The van der Waals surface area contributed by atoms with Crippen molar-refractivity contribution in [3.8, 4) is 0 Å². The van der Waals surface area contributed by atoms with Crippen LogP contribution < -0.4 is 11.2 Å². The zero-order valence-electron chi connectivity index (χ0n) is 15.8. The molecule has 2 aromatic rings. The molecule has 0 atom stereocenters. The third kappa shape index (κ3) is 8.18. The fraction of sp³-hybridized carbons (Fsp3) is 0.500. The third-order valence-corrected chi connectivity index (χ3v) is 3.37. The van der Waals surface area contributed by atoms with E-state index in [0.717, 1.165) is 0 Å². The van der Waals surface area contributed by atoms with E-state index in [-0.39, 0.29) is 15.9 Å². The van der Waals surface area contributed by atoms with E-state index in [0.29, 0.717) is 0 Å². The van der Waals surface area contributed by atoms with Gasteiger partial charge in [-0.1, -0.05) is 4.73 Å². The van der Waals surface area contributed by atoms with Gasteiger partial charge in [0, 0.05) is 0 Å². The average molecular weight is 484 g/mol. The molecular weight excluding hydrogens is 472 g/mol. The molecule has 182 valence electrons. The van der Waals surface area contributed by atoms with Crippen LogP contribution in [0.15, 0.2) is 15.9 Å². The van der Waals surface area contributed by atoms with Crippen molar-refractivity contribution < 1.29 is 44.9 Å². The maximum atomic E-state index is 11.0. The molecular formula is C10H12N8O15. The van der Waals surface area contributed by atoms with E-state index in [2.05, 4.69) is 34.3 Å². The SMILES string of the molecule is O=[N+]([O-])OCC(CO[N+](=O)[O-])(CO[N+](=O)[O-])CO[N+](=O)[O-].O=c1[nH]c2nc[nH]c2c(=O)n1O. The molecule has 0 radical (unpaired) electrons. The molecule has 2 rings (SSSR count). The van der Waals surface area contributed by atoms with Crippen LogP contribution in [0.25, 0.3) is 11.2 Å². The van der Waals surface area contributed by atoms with Gasteiger partial charge < -0.3 is 29.5 Å². The molecule has 0 spiro atoms. The number of imidazole rings is 1. The first-order chi connectivity index (χ1) is 15.4. The molecule has 0 aliphatic rings. The van der Waals surface area contributed by atoms with Crippen LogP contribution in [0, 0.1) is 45.9 Å². The highest BCUT2D eigenvalue weighted by molar-refractivity contribution is 5.67. The van der Waals surface area contributed by atoms with Crippen molar-refractivity contribution >= 4 is 11.2 Å². The van der Waals surface area contributed by atoms with Gasteiger partial charge in [-0.2, -0.15) is 0 Å². The van der Waals surface area contributed by atoms with Crippen LogP contribution in [-0.2, 0) is 19.4 Å². The molecule has 0 saturated heterocycles. The van der Waals surface area contributed by atoms with Crippen LogP contribution in [-0.4, -0.2) is 71.7 Å². The summed E-state index contributed by atoms with van der Waals surface area (Å²) in [7, 11) is 0. The molecule has 23 nitrogen and oxygen atoms in total. The smallest absolute Gasteiger partial charge is 0.363 e. The first-order valence-electron chi connectivity index (χ1n) is 7.84. The summed E-state index contributed by atoms with van der Waals surface area (Å²) in [6.07, 6.45) is 1.25. The second-order valence-corrected chi connectivity index (χ2v) is 5.66. The van der Waals surface area contributed by atoms with Crippen LogP contribution in [0.3, 0.4) is 0 Å². The van der Waals surface area contributed by atoms with E-state index in [4.69, 9.17) is 5.21 Å². The number of hydrogen-bond donors (Lipinski definition) is 3. The number of H-pyrrole nitrogens is 2. The average Bonchev–Trinajstić information content (AvgIpc) is 3.19. The summed E-state index contributed by atoms with van der Waals surface area (Å²) in [5.41, 5.74) is -3.54. The van der Waals surface area contributed by atoms with Gasteiger partial charge in [-0.3, -0.25) is 9.78 Å². The minimum absolute atomic E-state index is 0.0134. The summed E-state index contributed by atoms with van der Waals surface area (Å²) >= 11 is 0. The van der Waals surface area contributed by atoms with Gasteiger partial charge >= 0.3 is 11.2 Å². The summed E-state index contributed by atoms with van der Waals surface area (Å²) in [4.78, 5) is 86.3. The molecule has 3 N–H and O–H groups in total. The summed E-state index contributed by atoms with van der Waals surface area (Å²) in [5.74, 6) is 0. The normalized spacial score (nSPS) is 10.4. The monoisotopic (exact) mass is 484 g/mol. The Kier molecular flexibility index (Phi) is 8.77. The van der Waals surface area contributed by atoms with Crippen molar-refractivity contribution in [2.24, 2.45) is 5.41 Å². The van der Waals surface area contributed by atoms with E-state index in [1.54, 1.807) is 0 Å². The predicted octanol–water partition coefficient (Wildman–Crippen LogP) is -2.54. The van der Waals surface area contributed by atoms with Crippen LogP contribution in [0.4, 0.5) is 0 Å².